The SMILES string of the molecule is O=C1N=C2C(=c3ccccc3=CC2=S(=O)=O)NC1=O. The third-order valence-corrected chi connectivity index (χ3v) is 3.48. The van der Waals surface area contributed by atoms with Gasteiger partial charge in [-0.25, -0.2) is 4.99 Å². The Kier molecular flexibility index (Phi) is 2.42. The Morgan fingerprint density at radius 1 is 1.11 bits per heavy atom. The summed E-state index contributed by atoms with van der Waals surface area (Å²) in [5.74, 6) is -1.87. The van der Waals surface area contributed by atoms with Crippen LogP contribution in [0.1, 0.15) is 0 Å². The van der Waals surface area contributed by atoms with E-state index >= 15 is 0 Å². The highest BCUT2D eigenvalue weighted by atomic mass is 32.2. The van der Waals surface area contributed by atoms with Crippen molar-refractivity contribution in [2.45, 2.75) is 0 Å². The average molecular weight is 274 g/mol. The van der Waals surface area contributed by atoms with E-state index < -0.39 is 22.1 Å². The monoisotopic (exact) mass is 274 g/mol. The summed E-state index contributed by atoms with van der Waals surface area (Å²) in [7, 11) is -2.55. The lowest BCUT2D eigenvalue weighted by molar-refractivity contribution is -0.136. The quantitative estimate of drug-likeness (QED) is 0.427. The highest BCUT2D eigenvalue weighted by Crippen LogP contribution is 2.06. The molecule has 0 bridgehead atoms. The molecule has 1 aliphatic heterocycles. The summed E-state index contributed by atoms with van der Waals surface area (Å²) < 4.78 is 22.4. The van der Waals surface area contributed by atoms with Crippen molar-refractivity contribution < 1.29 is 18.0 Å². The molecule has 0 atom stereocenters. The second kappa shape index (κ2) is 3.99. The molecule has 1 heterocycles. The minimum absolute atomic E-state index is 0.0170. The van der Waals surface area contributed by atoms with Gasteiger partial charge in [0.05, 0.1) is 5.70 Å². The molecule has 1 N–H and O–H groups in total. The van der Waals surface area contributed by atoms with Crippen LogP contribution in [0.5, 0.6) is 0 Å². The smallest absolute Gasteiger partial charge is 0.315 e. The molecule has 0 unspecified atom stereocenters. The number of nitrogens with zero attached hydrogens (tertiary/aromatic N) is 1. The molecule has 1 aliphatic carbocycles. The van der Waals surface area contributed by atoms with Gasteiger partial charge in [0, 0.05) is 5.22 Å². The Labute approximate surface area is 108 Å². The average Bonchev–Trinajstić information content (AvgIpc) is 2.39. The van der Waals surface area contributed by atoms with E-state index in [1.165, 1.54) is 6.08 Å². The normalized spacial score (nSPS) is 16.9. The highest BCUT2D eigenvalue weighted by Gasteiger charge is 2.29. The largest absolute Gasteiger partial charge is 0.335 e. The van der Waals surface area contributed by atoms with E-state index in [0.717, 1.165) is 0 Å². The maximum Gasteiger partial charge on any atom is 0.335 e. The van der Waals surface area contributed by atoms with Crippen LogP contribution in [0.2, 0.25) is 0 Å². The predicted octanol–water partition coefficient (Wildman–Crippen LogP) is -2.26. The summed E-state index contributed by atoms with van der Waals surface area (Å²) in [4.78, 5) is 26.1. The van der Waals surface area contributed by atoms with Crippen LogP contribution in [0.25, 0.3) is 11.8 Å². The van der Waals surface area contributed by atoms with Gasteiger partial charge >= 0.3 is 11.8 Å². The Balaban J connectivity index is 2.54. The minimum atomic E-state index is -2.55. The van der Waals surface area contributed by atoms with Gasteiger partial charge in [0.25, 0.3) is 0 Å². The van der Waals surface area contributed by atoms with Gasteiger partial charge in [0.1, 0.15) is 10.6 Å². The molecule has 1 aromatic carbocycles. The molecule has 19 heavy (non-hydrogen) atoms. The molecule has 0 fully saturated rings. The van der Waals surface area contributed by atoms with Crippen molar-refractivity contribution in [1.29, 1.82) is 0 Å². The number of rotatable bonds is 0. The fourth-order valence-corrected chi connectivity index (χ4v) is 2.52. The first-order valence-corrected chi connectivity index (χ1v) is 6.37. The van der Waals surface area contributed by atoms with E-state index in [9.17, 15) is 18.0 Å². The summed E-state index contributed by atoms with van der Waals surface area (Å²) >= 11 is 0. The topological polar surface area (TPSA) is 92.7 Å². The summed E-state index contributed by atoms with van der Waals surface area (Å²) in [5.41, 5.74) is 0.235. The van der Waals surface area contributed by atoms with Gasteiger partial charge in [-0.05, 0) is 11.3 Å². The van der Waals surface area contributed by atoms with Gasteiger partial charge in [-0.2, -0.15) is 8.42 Å². The molecule has 0 radical (unpaired) electrons. The number of amides is 2. The van der Waals surface area contributed by atoms with E-state index in [-0.39, 0.29) is 16.3 Å². The lowest BCUT2D eigenvalue weighted by Gasteiger charge is -2.18. The molecule has 1 aromatic rings. The second-order valence-corrected chi connectivity index (χ2v) is 4.83. The van der Waals surface area contributed by atoms with Crippen LogP contribution in [-0.4, -0.2) is 30.8 Å². The molecular weight excluding hydrogens is 268 g/mol. The molecule has 0 saturated heterocycles. The number of carbonyl (C=O) groups is 2. The maximum atomic E-state index is 11.4. The van der Waals surface area contributed by atoms with E-state index in [1.807, 2.05) is 0 Å². The van der Waals surface area contributed by atoms with Crippen molar-refractivity contribution in [2.24, 2.45) is 4.99 Å². The Bertz CT molecular complexity index is 915. The first-order valence-electron chi connectivity index (χ1n) is 5.30. The Morgan fingerprint density at radius 2 is 1.84 bits per heavy atom. The zero-order chi connectivity index (χ0) is 13.6. The number of aliphatic imine (C=N–C) groups is 1. The van der Waals surface area contributed by atoms with Gasteiger partial charge in [-0.3, -0.25) is 9.59 Å². The molecule has 0 spiro atoms. The summed E-state index contributed by atoms with van der Waals surface area (Å²) in [6, 6.07) is 6.93. The van der Waals surface area contributed by atoms with E-state index in [4.69, 9.17) is 0 Å². The Morgan fingerprint density at radius 3 is 2.58 bits per heavy atom. The standard InChI is InChI=1S/C12H6N2O4S/c15-11-12(16)14-10-8(19(17)18)5-6-3-1-2-4-7(6)9(10)13-11/h1-5H,(H,13,15). The number of benzene rings is 1. The molecule has 2 aliphatic rings. The Hall–Kier alpha value is -2.54. The van der Waals surface area contributed by atoms with Crippen molar-refractivity contribution in [3.05, 3.63) is 34.7 Å². The van der Waals surface area contributed by atoms with Gasteiger partial charge in [-0.15, -0.1) is 0 Å². The van der Waals surface area contributed by atoms with Gasteiger partial charge in [-0.1, -0.05) is 24.3 Å². The van der Waals surface area contributed by atoms with E-state index in [1.54, 1.807) is 24.3 Å². The van der Waals surface area contributed by atoms with Crippen LogP contribution in [0.15, 0.2) is 29.3 Å². The highest BCUT2D eigenvalue weighted by molar-refractivity contribution is 7.76. The van der Waals surface area contributed by atoms with Crippen LogP contribution in [0.3, 0.4) is 0 Å². The van der Waals surface area contributed by atoms with Crippen molar-refractivity contribution in [1.82, 2.24) is 5.32 Å². The fraction of sp³-hybridized carbons (Fsp3) is 0. The first kappa shape index (κ1) is 11.5. The van der Waals surface area contributed by atoms with Gasteiger partial charge in [0.15, 0.2) is 0 Å². The number of nitrogens with one attached hydrogen (secondary N) is 1. The summed E-state index contributed by atoms with van der Waals surface area (Å²) in [6.45, 7) is 0. The second-order valence-electron chi connectivity index (χ2n) is 3.93. The lowest BCUT2D eigenvalue weighted by atomic mass is 10.0. The van der Waals surface area contributed by atoms with Crippen LogP contribution in [0.4, 0.5) is 0 Å². The van der Waals surface area contributed by atoms with Gasteiger partial charge < -0.3 is 5.32 Å². The maximum absolute atomic E-state index is 11.4. The third-order valence-electron chi connectivity index (χ3n) is 2.81. The molecule has 0 aromatic heterocycles. The summed E-state index contributed by atoms with van der Waals surface area (Å²) in [6.07, 6.45) is 1.42. The van der Waals surface area contributed by atoms with Crippen molar-refractivity contribution in [2.75, 3.05) is 0 Å². The lowest BCUT2D eigenvalue weighted by Crippen LogP contribution is -2.48. The van der Waals surface area contributed by atoms with E-state index in [2.05, 4.69) is 10.3 Å². The molecular formula is C12H6N2O4S. The molecule has 7 heteroatoms. The van der Waals surface area contributed by atoms with Crippen molar-refractivity contribution in [3.63, 3.8) is 0 Å². The van der Waals surface area contributed by atoms with Gasteiger partial charge in [0.2, 0.25) is 10.3 Å². The van der Waals surface area contributed by atoms with Crippen molar-refractivity contribution >= 4 is 44.5 Å². The van der Waals surface area contributed by atoms with Crippen molar-refractivity contribution in [3.8, 4) is 0 Å². The first-order chi connectivity index (χ1) is 9.08. The van der Waals surface area contributed by atoms with Crippen LogP contribution in [0, 0.1) is 0 Å². The number of carbonyl (C=O) groups excluding carboxylic acids is 2. The number of hydrogen-bond acceptors (Lipinski definition) is 4. The van der Waals surface area contributed by atoms with Crippen LogP contribution >= 0.6 is 0 Å². The number of hydrogen-bond donors (Lipinski definition) is 1. The fourth-order valence-electron chi connectivity index (χ4n) is 1.99. The van der Waals surface area contributed by atoms with Crippen LogP contribution < -0.4 is 15.8 Å². The molecule has 6 nitrogen and oxygen atoms in total. The zero-order valence-electron chi connectivity index (χ0n) is 9.38. The molecule has 3 rings (SSSR count). The number of fused-ring (bicyclic) bond motifs is 2. The van der Waals surface area contributed by atoms with Crippen LogP contribution in [-0.2, 0) is 19.9 Å². The minimum Gasteiger partial charge on any atom is -0.315 e. The molecule has 0 saturated carbocycles. The molecule has 94 valence electrons. The molecule has 2 amide bonds. The third kappa shape index (κ3) is 1.71. The summed E-state index contributed by atoms with van der Waals surface area (Å²) in [5, 5.41) is 3.67. The van der Waals surface area contributed by atoms with E-state index in [0.29, 0.717) is 10.4 Å². The zero-order valence-corrected chi connectivity index (χ0v) is 10.2. The predicted molar refractivity (Wildman–Crippen MR) is 68.1 cm³/mol.